The molecule has 0 radical (unpaired) electrons. The quantitative estimate of drug-likeness (QED) is 0.679. The molecule has 1 heterocycles. The Hall–Kier alpha value is -2.11. The van der Waals surface area contributed by atoms with Crippen molar-refractivity contribution in [3.05, 3.63) is 58.3 Å². The van der Waals surface area contributed by atoms with Crippen LogP contribution < -0.4 is 10.2 Å². The molecule has 1 amide bonds. The summed E-state index contributed by atoms with van der Waals surface area (Å²) in [6.07, 6.45) is 4.77. The highest BCUT2D eigenvalue weighted by Crippen LogP contribution is 2.27. The van der Waals surface area contributed by atoms with E-state index in [2.05, 4.69) is 15.5 Å². The predicted molar refractivity (Wildman–Crippen MR) is 81.9 cm³/mol. The van der Waals surface area contributed by atoms with Crippen LogP contribution in [-0.4, -0.2) is 23.7 Å². The first-order valence-electron chi connectivity index (χ1n) is 5.95. The minimum atomic E-state index is -0.406. The molecule has 0 aliphatic heterocycles. The van der Waals surface area contributed by atoms with E-state index in [4.69, 9.17) is 27.9 Å². The number of pyridine rings is 1. The molecule has 1 N–H and O–H groups in total. The summed E-state index contributed by atoms with van der Waals surface area (Å²) in [7, 11) is 0. The van der Waals surface area contributed by atoms with E-state index < -0.39 is 5.91 Å². The van der Waals surface area contributed by atoms with Crippen molar-refractivity contribution < 1.29 is 9.53 Å². The van der Waals surface area contributed by atoms with E-state index >= 15 is 0 Å². The second-order valence-electron chi connectivity index (χ2n) is 3.94. The molecule has 7 heteroatoms. The number of aromatic nitrogens is 1. The van der Waals surface area contributed by atoms with Crippen molar-refractivity contribution in [2.75, 3.05) is 6.61 Å². The van der Waals surface area contributed by atoms with Crippen LogP contribution in [0, 0.1) is 0 Å². The van der Waals surface area contributed by atoms with Crippen LogP contribution >= 0.6 is 23.2 Å². The van der Waals surface area contributed by atoms with Gasteiger partial charge in [-0.05, 0) is 29.8 Å². The van der Waals surface area contributed by atoms with Crippen molar-refractivity contribution in [2.24, 2.45) is 5.10 Å². The minimum absolute atomic E-state index is 0.215. The lowest BCUT2D eigenvalue weighted by Gasteiger charge is -2.07. The summed E-state index contributed by atoms with van der Waals surface area (Å²) in [5.74, 6) is -0.0613. The lowest BCUT2D eigenvalue weighted by Crippen LogP contribution is -2.24. The lowest BCUT2D eigenvalue weighted by molar-refractivity contribution is -0.123. The number of hydrogen-bond acceptors (Lipinski definition) is 4. The van der Waals surface area contributed by atoms with E-state index in [1.165, 1.54) is 12.3 Å². The fourth-order valence-corrected chi connectivity index (χ4v) is 1.73. The van der Waals surface area contributed by atoms with E-state index in [9.17, 15) is 4.79 Å². The number of ether oxygens (including phenoxy) is 1. The molecule has 0 saturated heterocycles. The molecule has 0 saturated carbocycles. The zero-order chi connectivity index (χ0) is 15.1. The Morgan fingerprint density at radius 2 is 2.05 bits per heavy atom. The number of nitrogens with zero attached hydrogens (tertiary/aromatic N) is 2. The van der Waals surface area contributed by atoms with Crippen LogP contribution in [0.15, 0.2) is 47.8 Å². The zero-order valence-corrected chi connectivity index (χ0v) is 12.3. The van der Waals surface area contributed by atoms with Gasteiger partial charge in [-0.1, -0.05) is 23.2 Å². The smallest absolute Gasteiger partial charge is 0.277 e. The van der Waals surface area contributed by atoms with Crippen LogP contribution in [-0.2, 0) is 4.79 Å². The highest BCUT2D eigenvalue weighted by atomic mass is 35.5. The van der Waals surface area contributed by atoms with Crippen LogP contribution in [0.4, 0.5) is 0 Å². The Morgan fingerprint density at radius 3 is 2.81 bits per heavy atom. The van der Waals surface area contributed by atoms with Gasteiger partial charge in [-0.25, -0.2) is 5.43 Å². The molecule has 0 spiro atoms. The van der Waals surface area contributed by atoms with Gasteiger partial charge in [0.2, 0.25) is 0 Å². The van der Waals surface area contributed by atoms with E-state index in [-0.39, 0.29) is 6.61 Å². The first-order chi connectivity index (χ1) is 10.1. The number of halogens is 2. The molecule has 2 rings (SSSR count). The molecular weight excluding hydrogens is 313 g/mol. The van der Waals surface area contributed by atoms with Gasteiger partial charge in [0.25, 0.3) is 5.91 Å². The van der Waals surface area contributed by atoms with Crippen LogP contribution in [0.2, 0.25) is 10.0 Å². The molecule has 0 aliphatic carbocycles. The summed E-state index contributed by atoms with van der Waals surface area (Å²) in [4.78, 5) is 15.4. The van der Waals surface area contributed by atoms with E-state index in [1.54, 1.807) is 36.7 Å². The maximum Gasteiger partial charge on any atom is 0.277 e. The normalized spacial score (nSPS) is 10.6. The van der Waals surface area contributed by atoms with Gasteiger partial charge in [0.05, 0.1) is 11.2 Å². The van der Waals surface area contributed by atoms with Crippen LogP contribution in [0.3, 0.4) is 0 Å². The third kappa shape index (κ3) is 5.06. The molecule has 2 aromatic rings. The van der Waals surface area contributed by atoms with Crippen LogP contribution in [0.5, 0.6) is 5.75 Å². The molecule has 21 heavy (non-hydrogen) atoms. The fraction of sp³-hybridized carbons (Fsp3) is 0.0714. The third-order valence-electron chi connectivity index (χ3n) is 2.36. The standard InChI is InChI=1S/C14H11Cl2N3O2/c15-11-1-2-12(16)13(7-11)21-9-14(20)19-18-8-10-3-5-17-6-4-10/h1-8H,9H2,(H,19,20)/b18-8-. The molecule has 1 aromatic carbocycles. The monoisotopic (exact) mass is 323 g/mol. The second kappa shape index (κ2) is 7.61. The van der Waals surface area contributed by atoms with Gasteiger partial charge in [-0.2, -0.15) is 5.10 Å². The molecule has 0 unspecified atom stereocenters. The van der Waals surface area contributed by atoms with Gasteiger partial charge in [-0.15, -0.1) is 0 Å². The van der Waals surface area contributed by atoms with E-state index in [0.29, 0.717) is 15.8 Å². The topological polar surface area (TPSA) is 63.6 Å². The minimum Gasteiger partial charge on any atom is -0.482 e. The summed E-state index contributed by atoms with van der Waals surface area (Å²) >= 11 is 11.7. The number of amides is 1. The first kappa shape index (κ1) is 15.3. The van der Waals surface area contributed by atoms with Gasteiger partial charge in [0.15, 0.2) is 6.61 Å². The van der Waals surface area contributed by atoms with Crippen molar-refractivity contribution in [3.8, 4) is 5.75 Å². The molecule has 1 aromatic heterocycles. The SMILES string of the molecule is O=C(COc1cc(Cl)ccc1Cl)N/N=C\c1ccncc1. The molecule has 0 fully saturated rings. The van der Waals surface area contributed by atoms with E-state index in [1.807, 2.05) is 0 Å². The van der Waals surface area contributed by atoms with Crippen molar-refractivity contribution in [3.63, 3.8) is 0 Å². The van der Waals surface area contributed by atoms with Crippen molar-refractivity contribution in [1.29, 1.82) is 0 Å². The Kier molecular flexibility index (Phi) is 5.54. The number of hydrazone groups is 1. The largest absolute Gasteiger partial charge is 0.482 e. The molecular formula is C14H11Cl2N3O2. The summed E-state index contributed by atoms with van der Waals surface area (Å²) in [6, 6.07) is 8.29. The van der Waals surface area contributed by atoms with Crippen LogP contribution in [0.1, 0.15) is 5.56 Å². The van der Waals surface area contributed by atoms with Crippen molar-refractivity contribution in [2.45, 2.75) is 0 Å². The van der Waals surface area contributed by atoms with Gasteiger partial charge in [0, 0.05) is 23.5 Å². The number of carbonyl (C=O) groups is 1. The van der Waals surface area contributed by atoms with Gasteiger partial charge in [0.1, 0.15) is 5.75 Å². The van der Waals surface area contributed by atoms with Gasteiger partial charge >= 0.3 is 0 Å². The molecule has 108 valence electrons. The second-order valence-corrected chi connectivity index (χ2v) is 4.78. The predicted octanol–water partition coefficient (Wildman–Crippen LogP) is 2.92. The number of hydrogen-bond donors (Lipinski definition) is 1. The summed E-state index contributed by atoms with van der Waals surface area (Å²) in [5, 5.41) is 4.66. The maximum absolute atomic E-state index is 11.6. The number of nitrogens with one attached hydrogen (secondary N) is 1. The summed E-state index contributed by atoms with van der Waals surface area (Å²) < 4.78 is 5.27. The first-order valence-corrected chi connectivity index (χ1v) is 6.70. The molecule has 5 nitrogen and oxygen atoms in total. The highest BCUT2D eigenvalue weighted by Gasteiger charge is 2.05. The fourth-order valence-electron chi connectivity index (χ4n) is 1.39. The van der Waals surface area contributed by atoms with Crippen LogP contribution in [0.25, 0.3) is 0 Å². The van der Waals surface area contributed by atoms with Gasteiger partial charge < -0.3 is 4.74 Å². The number of rotatable bonds is 5. The summed E-state index contributed by atoms with van der Waals surface area (Å²) in [6.45, 7) is -0.215. The maximum atomic E-state index is 11.6. The average molecular weight is 324 g/mol. The molecule has 0 atom stereocenters. The zero-order valence-electron chi connectivity index (χ0n) is 10.8. The Balaban J connectivity index is 1.82. The number of carbonyl (C=O) groups excluding carboxylic acids is 1. The van der Waals surface area contributed by atoms with Crippen molar-refractivity contribution in [1.82, 2.24) is 10.4 Å². The number of benzene rings is 1. The Labute approximate surface area is 131 Å². The van der Waals surface area contributed by atoms with Gasteiger partial charge in [-0.3, -0.25) is 9.78 Å². The highest BCUT2D eigenvalue weighted by molar-refractivity contribution is 6.34. The Bertz CT molecular complexity index is 648. The lowest BCUT2D eigenvalue weighted by atomic mass is 10.3. The molecule has 0 aliphatic rings. The summed E-state index contributed by atoms with van der Waals surface area (Å²) in [5.41, 5.74) is 3.17. The average Bonchev–Trinajstić information content (AvgIpc) is 2.49. The third-order valence-corrected chi connectivity index (χ3v) is 2.91. The van der Waals surface area contributed by atoms with Crippen molar-refractivity contribution >= 4 is 35.3 Å². The Morgan fingerprint density at radius 1 is 1.29 bits per heavy atom. The molecule has 0 bridgehead atoms. The van der Waals surface area contributed by atoms with E-state index in [0.717, 1.165) is 5.56 Å².